The van der Waals surface area contributed by atoms with Crippen LogP contribution in [0.25, 0.3) is 0 Å². The molecule has 0 saturated carbocycles. The van der Waals surface area contributed by atoms with Crippen LogP contribution in [-0.4, -0.2) is 11.3 Å². The molecule has 16 heavy (non-hydrogen) atoms. The van der Waals surface area contributed by atoms with Gasteiger partial charge in [-0.3, -0.25) is 0 Å². The normalized spacial score (nSPS) is 15.9. The standard InChI is InChI=1S/C12H15F3O/c1-3-4-9-5-7-10(8-6-9)11(2,16)12(13,14)15/h5-8,16H,3-4H2,1-2H3. The van der Waals surface area contributed by atoms with Crippen molar-refractivity contribution in [1.29, 1.82) is 0 Å². The number of aryl methyl sites for hydroxylation is 1. The fourth-order valence-corrected chi connectivity index (χ4v) is 1.45. The van der Waals surface area contributed by atoms with Gasteiger partial charge in [-0.25, -0.2) is 0 Å². The molecule has 90 valence electrons. The number of rotatable bonds is 3. The van der Waals surface area contributed by atoms with Crippen LogP contribution in [0.5, 0.6) is 0 Å². The fraction of sp³-hybridized carbons (Fsp3) is 0.500. The Balaban J connectivity index is 2.97. The minimum Gasteiger partial charge on any atom is -0.376 e. The highest BCUT2D eigenvalue weighted by Gasteiger charge is 2.50. The van der Waals surface area contributed by atoms with Gasteiger partial charge in [0.2, 0.25) is 0 Å². The Morgan fingerprint density at radius 3 is 2.00 bits per heavy atom. The first-order valence-corrected chi connectivity index (χ1v) is 5.17. The lowest BCUT2D eigenvalue weighted by Crippen LogP contribution is -2.39. The van der Waals surface area contributed by atoms with Gasteiger partial charge in [-0.1, -0.05) is 37.6 Å². The van der Waals surface area contributed by atoms with Crippen LogP contribution < -0.4 is 0 Å². The summed E-state index contributed by atoms with van der Waals surface area (Å²) in [6, 6.07) is 5.91. The SMILES string of the molecule is CCCc1ccc(C(C)(O)C(F)(F)F)cc1. The van der Waals surface area contributed by atoms with Crippen molar-refractivity contribution in [2.24, 2.45) is 0 Å². The van der Waals surface area contributed by atoms with E-state index in [0.29, 0.717) is 0 Å². The molecule has 0 heterocycles. The number of hydrogen-bond donors (Lipinski definition) is 1. The van der Waals surface area contributed by atoms with E-state index in [2.05, 4.69) is 0 Å². The summed E-state index contributed by atoms with van der Waals surface area (Å²) in [5.74, 6) is 0. The summed E-state index contributed by atoms with van der Waals surface area (Å²) in [7, 11) is 0. The van der Waals surface area contributed by atoms with Crippen LogP contribution in [0.3, 0.4) is 0 Å². The van der Waals surface area contributed by atoms with Gasteiger partial charge < -0.3 is 5.11 Å². The van der Waals surface area contributed by atoms with Gasteiger partial charge in [0.15, 0.2) is 5.60 Å². The fourth-order valence-electron chi connectivity index (χ4n) is 1.45. The molecule has 4 heteroatoms. The van der Waals surface area contributed by atoms with Crippen molar-refractivity contribution in [1.82, 2.24) is 0 Å². The van der Waals surface area contributed by atoms with E-state index >= 15 is 0 Å². The quantitative estimate of drug-likeness (QED) is 0.846. The third kappa shape index (κ3) is 2.55. The zero-order valence-corrected chi connectivity index (χ0v) is 9.30. The molecule has 1 rings (SSSR count). The van der Waals surface area contributed by atoms with Crippen LogP contribution in [0.2, 0.25) is 0 Å². The summed E-state index contributed by atoms with van der Waals surface area (Å²) in [6.45, 7) is 2.77. The summed E-state index contributed by atoms with van der Waals surface area (Å²) in [4.78, 5) is 0. The molecule has 0 aliphatic heterocycles. The van der Waals surface area contributed by atoms with E-state index in [9.17, 15) is 18.3 Å². The molecule has 0 saturated heterocycles. The molecular weight excluding hydrogens is 217 g/mol. The summed E-state index contributed by atoms with van der Waals surface area (Å²) in [6.07, 6.45) is -2.89. The Labute approximate surface area is 92.9 Å². The average Bonchev–Trinajstić information content (AvgIpc) is 2.17. The minimum absolute atomic E-state index is 0.125. The van der Waals surface area contributed by atoms with Crippen LogP contribution >= 0.6 is 0 Å². The van der Waals surface area contributed by atoms with Gasteiger partial charge in [0, 0.05) is 0 Å². The first-order chi connectivity index (χ1) is 7.29. The van der Waals surface area contributed by atoms with Gasteiger partial charge >= 0.3 is 6.18 Å². The molecule has 1 aromatic rings. The number of alkyl halides is 3. The third-order valence-electron chi connectivity index (χ3n) is 2.61. The number of halogens is 3. The van der Waals surface area contributed by atoms with E-state index in [0.717, 1.165) is 25.3 Å². The van der Waals surface area contributed by atoms with Crippen molar-refractivity contribution < 1.29 is 18.3 Å². The Bertz CT molecular complexity index is 338. The predicted molar refractivity (Wildman–Crippen MR) is 56.1 cm³/mol. The Hall–Kier alpha value is -1.03. The lowest BCUT2D eigenvalue weighted by Gasteiger charge is -2.26. The van der Waals surface area contributed by atoms with E-state index in [-0.39, 0.29) is 5.56 Å². The number of benzene rings is 1. The Morgan fingerprint density at radius 1 is 1.12 bits per heavy atom. The maximum atomic E-state index is 12.5. The van der Waals surface area contributed by atoms with Crippen molar-refractivity contribution in [3.63, 3.8) is 0 Å². The molecule has 1 nitrogen and oxygen atoms in total. The van der Waals surface area contributed by atoms with Crippen molar-refractivity contribution in [2.75, 3.05) is 0 Å². The minimum atomic E-state index is -4.65. The zero-order chi connectivity index (χ0) is 12.4. The molecule has 1 aromatic carbocycles. The average molecular weight is 232 g/mol. The molecule has 1 unspecified atom stereocenters. The summed E-state index contributed by atoms with van der Waals surface area (Å²) < 4.78 is 37.6. The maximum absolute atomic E-state index is 12.5. The highest BCUT2D eigenvalue weighted by atomic mass is 19.4. The van der Waals surface area contributed by atoms with Crippen molar-refractivity contribution >= 4 is 0 Å². The van der Waals surface area contributed by atoms with Crippen LogP contribution in [0.4, 0.5) is 13.2 Å². The highest BCUT2D eigenvalue weighted by Crippen LogP contribution is 2.38. The van der Waals surface area contributed by atoms with Gasteiger partial charge in [-0.15, -0.1) is 0 Å². The third-order valence-corrected chi connectivity index (χ3v) is 2.61. The van der Waals surface area contributed by atoms with Crippen LogP contribution in [0, 0.1) is 0 Å². The number of aliphatic hydroxyl groups is 1. The molecule has 1 N–H and O–H groups in total. The molecule has 0 fully saturated rings. The molecule has 0 spiro atoms. The largest absolute Gasteiger partial charge is 0.421 e. The molecule has 0 radical (unpaired) electrons. The monoisotopic (exact) mass is 232 g/mol. The topological polar surface area (TPSA) is 20.2 Å². The predicted octanol–water partition coefficient (Wildman–Crippen LogP) is 3.41. The second kappa shape index (κ2) is 4.45. The van der Waals surface area contributed by atoms with E-state index in [1.807, 2.05) is 6.92 Å². The van der Waals surface area contributed by atoms with Crippen LogP contribution in [0.1, 0.15) is 31.4 Å². The van der Waals surface area contributed by atoms with E-state index in [1.165, 1.54) is 12.1 Å². The zero-order valence-electron chi connectivity index (χ0n) is 9.30. The van der Waals surface area contributed by atoms with Crippen molar-refractivity contribution in [2.45, 2.75) is 38.5 Å². The smallest absolute Gasteiger partial charge is 0.376 e. The molecule has 1 atom stereocenters. The summed E-state index contributed by atoms with van der Waals surface area (Å²) >= 11 is 0. The van der Waals surface area contributed by atoms with Gasteiger partial charge in [0.05, 0.1) is 0 Å². The first kappa shape index (κ1) is 13.0. The second-order valence-electron chi connectivity index (χ2n) is 4.02. The Morgan fingerprint density at radius 2 is 1.62 bits per heavy atom. The van der Waals surface area contributed by atoms with Gasteiger partial charge in [-0.2, -0.15) is 13.2 Å². The van der Waals surface area contributed by atoms with Gasteiger partial charge in [0.1, 0.15) is 0 Å². The lowest BCUT2D eigenvalue weighted by molar-refractivity contribution is -0.258. The lowest BCUT2D eigenvalue weighted by atomic mass is 9.94. The molecule has 0 amide bonds. The molecule has 0 aromatic heterocycles. The summed E-state index contributed by atoms with van der Waals surface area (Å²) in [5.41, 5.74) is -1.93. The molecule has 0 aliphatic carbocycles. The Kier molecular flexibility index (Phi) is 3.63. The first-order valence-electron chi connectivity index (χ1n) is 5.17. The van der Waals surface area contributed by atoms with Gasteiger partial charge in [0.25, 0.3) is 0 Å². The molecule has 0 aliphatic rings. The molecular formula is C12H15F3O. The van der Waals surface area contributed by atoms with Crippen LogP contribution in [0.15, 0.2) is 24.3 Å². The highest BCUT2D eigenvalue weighted by molar-refractivity contribution is 5.28. The van der Waals surface area contributed by atoms with E-state index < -0.39 is 11.8 Å². The maximum Gasteiger partial charge on any atom is 0.421 e. The molecule has 0 bridgehead atoms. The van der Waals surface area contributed by atoms with Crippen LogP contribution in [-0.2, 0) is 12.0 Å². The number of hydrogen-bond acceptors (Lipinski definition) is 1. The van der Waals surface area contributed by atoms with Gasteiger partial charge in [-0.05, 0) is 24.5 Å². The van der Waals surface area contributed by atoms with E-state index in [4.69, 9.17) is 0 Å². The van der Waals surface area contributed by atoms with E-state index in [1.54, 1.807) is 12.1 Å². The van der Waals surface area contributed by atoms with Crippen molar-refractivity contribution in [3.8, 4) is 0 Å². The second-order valence-corrected chi connectivity index (χ2v) is 4.02. The summed E-state index contributed by atoms with van der Waals surface area (Å²) in [5, 5.41) is 9.42. The van der Waals surface area contributed by atoms with Crippen molar-refractivity contribution in [3.05, 3.63) is 35.4 Å².